The maximum Gasteiger partial charge on any atom is 0 e. The summed E-state index contributed by atoms with van der Waals surface area (Å²) in [6, 6.07) is 0. The monoisotopic (exact) mass is 241 g/mol. The van der Waals surface area contributed by atoms with Gasteiger partial charge >= 0.3 is 0 Å². The van der Waals surface area contributed by atoms with Gasteiger partial charge in [-0.15, -0.1) is 0 Å². The van der Waals surface area contributed by atoms with Crippen LogP contribution in [-0.2, 0) is 70.4 Å². The van der Waals surface area contributed by atoms with Crippen LogP contribution in [-0.4, -0.2) is 0 Å². The summed E-state index contributed by atoms with van der Waals surface area (Å²) >= 11 is 0. The Morgan fingerprint density at radius 1 is 1.00 bits per heavy atom. The normalized spacial score (nSPS) is 0. The second kappa shape index (κ2) is 19.1. The topological polar surface area (TPSA) is 0 Å². The standard InChI is InChI=1S/Co.Cu.Mn.Zn. The minimum absolute atomic E-state index is 0. The molecule has 0 unspecified atom stereocenters. The van der Waals surface area contributed by atoms with Gasteiger partial charge in [-0.25, -0.2) is 0 Å². The molecule has 0 aromatic carbocycles. The van der Waals surface area contributed by atoms with Crippen LogP contribution in [0.15, 0.2) is 0 Å². The molecule has 0 bridgehead atoms. The number of hydrogen-bond donors (Lipinski definition) is 0. The van der Waals surface area contributed by atoms with Crippen molar-refractivity contribution < 1.29 is 70.4 Å². The van der Waals surface area contributed by atoms with Gasteiger partial charge in [-0.2, -0.15) is 0 Å². The molecule has 0 saturated carbocycles. The average Bonchev–Trinajstić information content (AvgIpc) is 0. The van der Waals surface area contributed by atoms with Crippen molar-refractivity contribution in [3.05, 3.63) is 0 Å². The summed E-state index contributed by atoms with van der Waals surface area (Å²) in [4.78, 5) is 0. The Morgan fingerprint density at radius 2 is 1.00 bits per heavy atom. The molecular weight excluding hydrogens is 243 g/mol. The van der Waals surface area contributed by atoms with Gasteiger partial charge in [0.25, 0.3) is 0 Å². The third-order valence-electron chi connectivity index (χ3n) is 0. The van der Waals surface area contributed by atoms with Crippen molar-refractivity contribution in [2.24, 2.45) is 0 Å². The van der Waals surface area contributed by atoms with E-state index in [1.807, 2.05) is 0 Å². The van der Waals surface area contributed by atoms with Crippen LogP contribution in [0, 0.1) is 0 Å². The van der Waals surface area contributed by atoms with Crippen LogP contribution in [0.3, 0.4) is 0 Å². The Kier molecular flexibility index (Phi) is 167. The third-order valence-corrected chi connectivity index (χ3v) is 0. The number of rotatable bonds is 0. The molecule has 0 nitrogen and oxygen atoms in total. The summed E-state index contributed by atoms with van der Waals surface area (Å²) in [5, 5.41) is 0. The second-order valence-electron chi connectivity index (χ2n) is 0. The molecule has 0 spiro atoms. The molecule has 0 atom stereocenters. The van der Waals surface area contributed by atoms with Gasteiger partial charge in [0.15, 0.2) is 0 Å². The Hall–Kier alpha value is 2.17. The fourth-order valence-electron chi connectivity index (χ4n) is 0. The van der Waals surface area contributed by atoms with E-state index in [1.54, 1.807) is 0 Å². The zero-order chi connectivity index (χ0) is 0. The molecule has 0 aliphatic rings. The first-order chi connectivity index (χ1) is 0. The summed E-state index contributed by atoms with van der Waals surface area (Å²) < 4.78 is 0. The molecule has 0 amide bonds. The summed E-state index contributed by atoms with van der Waals surface area (Å²) in [6.45, 7) is 0. The largest absolute Gasteiger partial charge is 0 e. The van der Waals surface area contributed by atoms with Gasteiger partial charge in [0, 0.05) is 70.4 Å². The number of hydrogen-bond acceptors (Lipinski definition) is 0. The quantitative estimate of drug-likeness (QED) is 0.525. The van der Waals surface area contributed by atoms with E-state index in [9.17, 15) is 0 Å². The average molecular weight is 243 g/mol. The first kappa shape index (κ1) is 35.0. The Labute approximate surface area is 69.8 Å². The summed E-state index contributed by atoms with van der Waals surface area (Å²) in [7, 11) is 0. The predicted octanol–water partition coefficient (Wildman–Crippen LogP) is -0.0100. The zero-order valence-electron chi connectivity index (χ0n) is 1.72. The van der Waals surface area contributed by atoms with Gasteiger partial charge in [-0.1, -0.05) is 0 Å². The van der Waals surface area contributed by atoms with Crippen LogP contribution in [0.1, 0.15) is 0 Å². The molecule has 0 aliphatic carbocycles. The Balaban J connectivity index is 0. The van der Waals surface area contributed by atoms with Crippen LogP contribution < -0.4 is 0 Å². The van der Waals surface area contributed by atoms with Crippen molar-refractivity contribution in [2.75, 3.05) is 0 Å². The van der Waals surface area contributed by atoms with Crippen molar-refractivity contribution in [3.63, 3.8) is 0 Å². The summed E-state index contributed by atoms with van der Waals surface area (Å²) in [5.74, 6) is 0. The molecule has 29 valence electrons. The van der Waals surface area contributed by atoms with Gasteiger partial charge < -0.3 is 0 Å². The third kappa shape index (κ3) is 8.90. The minimum atomic E-state index is 0. The summed E-state index contributed by atoms with van der Waals surface area (Å²) in [6.07, 6.45) is 0. The van der Waals surface area contributed by atoms with Crippen LogP contribution in [0.2, 0.25) is 0 Å². The predicted molar refractivity (Wildman–Crippen MR) is 0 cm³/mol. The first-order valence-corrected chi connectivity index (χ1v) is 0. The van der Waals surface area contributed by atoms with E-state index in [-0.39, 0.29) is 70.4 Å². The van der Waals surface area contributed by atoms with Crippen LogP contribution >= 0.6 is 0 Å². The smallest absolute Gasteiger partial charge is 0 e. The molecule has 3 radical (unpaired) electrons. The van der Waals surface area contributed by atoms with E-state index in [0.717, 1.165) is 0 Å². The van der Waals surface area contributed by atoms with E-state index >= 15 is 0 Å². The molecule has 0 N–H and O–H groups in total. The van der Waals surface area contributed by atoms with E-state index in [1.165, 1.54) is 0 Å². The molecular formula is CoCuMnZn. The van der Waals surface area contributed by atoms with Gasteiger partial charge in [0.05, 0.1) is 0 Å². The van der Waals surface area contributed by atoms with Gasteiger partial charge in [-0.05, 0) is 0 Å². The van der Waals surface area contributed by atoms with Crippen molar-refractivity contribution in [3.8, 4) is 0 Å². The maximum absolute atomic E-state index is 0. The Morgan fingerprint density at radius 3 is 1.00 bits per heavy atom. The van der Waals surface area contributed by atoms with E-state index in [4.69, 9.17) is 0 Å². The van der Waals surface area contributed by atoms with Crippen LogP contribution in [0.25, 0.3) is 0 Å². The van der Waals surface area contributed by atoms with Gasteiger partial charge in [-0.3, -0.25) is 0 Å². The molecule has 0 aliphatic heterocycles. The van der Waals surface area contributed by atoms with E-state index in [0.29, 0.717) is 0 Å². The molecule has 0 fully saturated rings. The molecule has 0 heterocycles. The molecule has 0 rings (SSSR count). The van der Waals surface area contributed by atoms with Crippen LogP contribution in [0.5, 0.6) is 0 Å². The van der Waals surface area contributed by atoms with Crippen molar-refractivity contribution in [1.82, 2.24) is 0 Å². The first-order valence-electron chi connectivity index (χ1n) is 0. The molecule has 0 aromatic heterocycles. The molecule has 0 aromatic rings. The van der Waals surface area contributed by atoms with E-state index < -0.39 is 0 Å². The molecule has 4 heteroatoms. The Bertz CT molecular complexity index is 8.00. The van der Waals surface area contributed by atoms with Gasteiger partial charge in [0.2, 0.25) is 0 Å². The SMILES string of the molecule is [Co].[Cu].[Mn].[Zn]. The summed E-state index contributed by atoms with van der Waals surface area (Å²) in [5.41, 5.74) is 0. The zero-order valence-corrected chi connectivity index (χ0v) is 7.85. The van der Waals surface area contributed by atoms with E-state index in [2.05, 4.69) is 0 Å². The van der Waals surface area contributed by atoms with Crippen molar-refractivity contribution >= 4 is 0 Å². The van der Waals surface area contributed by atoms with Crippen LogP contribution in [0.4, 0.5) is 0 Å². The second-order valence-corrected chi connectivity index (χ2v) is 0. The fraction of sp³-hybridized carbons (Fsp3) is 0. The maximum atomic E-state index is 0. The fourth-order valence-corrected chi connectivity index (χ4v) is 0. The van der Waals surface area contributed by atoms with Crippen molar-refractivity contribution in [2.45, 2.75) is 0 Å². The van der Waals surface area contributed by atoms with Crippen molar-refractivity contribution in [1.29, 1.82) is 0 Å². The molecule has 4 heavy (non-hydrogen) atoms. The van der Waals surface area contributed by atoms with Gasteiger partial charge in [0.1, 0.15) is 0 Å². The molecule has 0 saturated heterocycles. The minimum Gasteiger partial charge on any atom is 0 e.